The van der Waals surface area contributed by atoms with Gasteiger partial charge in [0, 0.05) is 44.9 Å². The maximum absolute atomic E-state index is 5.80. The highest BCUT2D eigenvalue weighted by molar-refractivity contribution is 5.72. The molecule has 0 N–H and O–H groups in total. The number of para-hydroxylation sites is 2. The number of anilines is 1. The van der Waals surface area contributed by atoms with Crippen molar-refractivity contribution in [1.29, 1.82) is 0 Å². The van der Waals surface area contributed by atoms with Gasteiger partial charge in [0.2, 0.25) is 11.8 Å². The van der Waals surface area contributed by atoms with Crippen LogP contribution in [0, 0.1) is 0 Å². The lowest BCUT2D eigenvalue weighted by molar-refractivity contribution is 0.251. The Hall–Kier alpha value is -2.67. The van der Waals surface area contributed by atoms with E-state index in [2.05, 4.69) is 24.8 Å². The molecule has 0 bridgehead atoms. The molecule has 2 aromatic heterocycles. The maximum Gasteiger partial charge on any atom is 0.228 e. The van der Waals surface area contributed by atoms with E-state index in [1.165, 1.54) is 0 Å². The molecule has 7 heteroatoms. The van der Waals surface area contributed by atoms with Crippen LogP contribution in [0.5, 0.6) is 5.88 Å². The number of fused-ring (bicyclic) bond motifs is 1. The Labute approximate surface area is 159 Å². The van der Waals surface area contributed by atoms with Gasteiger partial charge >= 0.3 is 0 Å². The molecule has 1 aromatic carbocycles. The van der Waals surface area contributed by atoms with Crippen LogP contribution in [-0.2, 0) is 6.42 Å². The Morgan fingerprint density at radius 3 is 2.74 bits per heavy atom. The van der Waals surface area contributed by atoms with Crippen molar-refractivity contribution in [1.82, 2.24) is 19.9 Å². The molecule has 0 amide bonds. The quantitative estimate of drug-likeness (QED) is 0.636. The van der Waals surface area contributed by atoms with Crippen molar-refractivity contribution in [2.24, 2.45) is 0 Å². The van der Waals surface area contributed by atoms with Gasteiger partial charge < -0.3 is 14.1 Å². The number of benzene rings is 1. The normalized spacial score (nSPS) is 15.4. The van der Waals surface area contributed by atoms with Crippen LogP contribution in [0.4, 0.5) is 5.95 Å². The first-order valence-electron chi connectivity index (χ1n) is 9.59. The smallest absolute Gasteiger partial charge is 0.228 e. The third-order valence-electron chi connectivity index (χ3n) is 4.77. The van der Waals surface area contributed by atoms with E-state index >= 15 is 0 Å². The highest BCUT2D eigenvalue weighted by Crippen LogP contribution is 2.17. The molecule has 4 rings (SSSR count). The molecular weight excluding hydrogens is 342 g/mol. The van der Waals surface area contributed by atoms with Gasteiger partial charge in [-0.1, -0.05) is 12.1 Å². The highest BCUT2D eigenvalue weighted by atomic mass is 16.5. The minimum Gasteiger partial charge on any atom is -0.478 e. The maximum atomic E-state index is 5.80. The van der Waals surface area contributed by atoms with Gasteiger partial charge in [-0.15, -0.1) is 0 Å². The molecule has 1 saturated heterocycles. The number of rotatable bonds is 7. The summed E-state index contributed by atoms with van der Waals surface area (Å²) in [6.07, 6.45) is 3.68. The number of piperazine rings is 1. The predicted molar refractivity (Wildman–Crippen MR) is 104 cm³/mol. The van der Waals surface area contributed by atoms with E-state index < -0.39 is 0 Å². The molecular formula is C20H25N5O2. The summed E-state index contributed by atoms with van der Waals surface area (Å²) in [6.45, 7) is 7.50. The number of ether oxygens (including phenoxy) is 1. The highest BCUT2D eigenvalue weighted by Gasteiger charge is 2.19. The second kappa shape index (κ2) is 8.35. The first kappa shape index (κ1) is 17.7. The van der Waals surface area contributed by atoms with Crippen LogP contribution in [0.3, 0.4) is 0 Å². The van der Waals surface area contributed by atoms with Gasteiger partial charge in [0.05, 0.1) is 6.61 Å². The van der Waals surface area contributed by atoms with Crippen molar-refractivity contribution in [2.45, 2.75) is 19.8 Å². The van der Waals surface area contributed by atoms with E-state index in [1.807, 2.05) is 31.2 Å². The summed E-state index contributed by atoms with van der Waals surface area (Å²) < 4.78 is 11.3. The number of oxazole rings is 1. The molecule has 0 unspecified atom stereocenters. The van der Waals surface area contributed by atoms with Crippen molar-refractivity contribution in [3.05, 3.63) is 42.4 Å². The summed E-state index contributed by atoms with van der Waals surface area (Å²) in [7, 11) is 0. The standard InChI is InChI=1S/C20H25N5O2/c1-2-26-18-9-10-21-20(23-18)25-14-12-24(13-15-25)11-5-8-19-22-16-6-3-4-7-17(16)27-19/h3-4,6-7,9-10H,2,5,8,11-15H2,1H3. The van der Waals surface area contributed by atoms with Crippen LogP contribution in [0.1, 0.15) is 19.2 Å². The summed E-state index contributed by atoms with van der Waals surface area (Å²) in [5.74, 6) is 2.23. The average Bonchev–Trinajstić information content (AvgIpc) is 3.12. The Balaban J connectivity index is 1.24. The number of hydrogen-bond acceptors (Lipinski definition) is 7. The zero-order chi connectivity index (χ0) is 18.5. The minimum atomic E-state index is 0.615. The molecule has 0 radical (unpaired) electrons. The zero-order valence-electron chi connectivity index (χ0n) is 15.7. The minimum absolute atomic E-state index is 0.615. The molecule has 7 nitrogen and oxygen atoms in total. The topological polar surface area (TPSA) is 67.5 Å². The Kier molecular flexibility index (Phi) is 5.48. The van der Waals surface area contributed by atoms with Crippen molar-refractivity contribution in [3.63, 3.8) is 0 Å². The first-order chi connectivity index (χ1) is 13.3. The van der Waals surface area contributed by atoms with Crippen molar-refractivity contribution in [3.8, 4) is 5.88 Å². The molecule has 0 atom stereocenters. The van der Waals surface area contributed by atoms with Crippen LogP contribution in [-0.4, -0.2) is 59.2 Å². The van der Waals surface area contributed by atoms with Gasteiger partial charge in [0.25, 0.3) is 0 Å². The van der Waals surface area contributed by atoms with Gasteiger partial charge in [0.1, 0.15) is 5.52 Å². The molecule has 0 aliphatic carbocycles. The molecule has 0 spiro atoms. The lowest BCUT2D eigenvalue weighted by Crippen LogP contribution is -2.47. The number of hydrogen-bond donors (Lipinski definition) is 0. The fraction of sp³-hybridized carbons (Fsp3) is 0.450. The Bertz CT molecular complexity index is 840. The molecule has 142 valence electrons. The lowest BCUT2D eigenvalue weighted by atomic mass is 10.2. The van der Waals surface area contributed by atoms with Gasteiger partial charge in [-0.05, 0) is 32.0 Å². The largest absolute Gasteiger partial charge is 0.478 e. The summed E-state index contributed by atoms with van der Waals surface area (Å²) in [6, 6.07) is 9.72. The van der Waals surface area contributed by atoms with Crippen LogP contribution >= 0.6 is 0 Å². The summed E-state index contributed by atoms with van der Waals surface area (Å²) in [4.78, 5) is 18.1. The molecule has 0 saturated carbocycles. The summed E-state index contributed by atoms with van der Waals surface area (Å²) in [5.41, 5.74) is 1.81. The molecule has 1 fully saturated rings. The van der Waals surface area contributed by atoms with Gasteiger partial charge in [-0.2, -0.15) is 4.98 Å². The van der Waals surface area contributed by atoms with Gasteiger partial charge in [-0.3, -0.25) is 4.90 Å². The van der Waals surface area contributed by atoms with Crippen molar-refractivity contribution < 1.29 is 9.15 Å². The third-order valence-corrected chi connectivity index (χ3v) is 4.77. The second-order valence-electron chi connectivity index (χ2n) is 6.64. The first-order valence-corrected chi connectivity index (χ1v) is 9.59. The monoisotopic (exact) mass is 367 g/mol. The van der Waals surface area contributed by atoms with Crippen molar-refractivity contribution >= 4 is 17.0 Å². The van der Waals surface area contributed by atoms with E-state index in [4.69, 9.17) is 9.15 Å². The second-order valence-corrected chi connectivity index (χ2v) is 6.64. The van der Waals surface area contributed by atoms with Crippen LogP contribution in [0.25, 0.3) is 11.1 Å². The van der Waals surface area contributed by atoms with E-state index in [0.29, 0.717) is 12.5 Å². The van der Waals surface area contributed by atoms with E-state index in [0.717, 1.165) is 68.5 Å². The SMILES string of the molecule is CCOc1ccnc(N2CCN(CCCc3nc4ccccc4o3)CC2)n1. The number of aromatic nitrogens is 3. The fourth-order valence-electron chi connectivity index (χ4n) is 3.37. The van der Waals surface area contributed by atoms with Crippen LogP contribution < -0.4 is 9.64 Å². The van der Waals surface area contributed by atoms with E-state index in [1.54, 1.807) is 12.3 Å². The fourth-order valence-corrected chi connectivity index (χ4v) is 3.37. The van der Waals surface area contributed by atoms with Crippen molar-refractivity contribution in [2.75, 3.05) is 44.2 Å². The molecule has 3 aromatic rings. The van der Waals surface area contributed by atoms with Gasteiger partial charge in [0.15, 0.2) is 11.5 Å². The molecule has 1 aliphatic heterocycles. The summed E-state index contributed by atoms with van der Waals surface area (Å²) in [5, 5.41) is 0. The van der Waals surface area contributed by atoms with Crippen LogP contribution in [0.2, 0.25) is 0 Å². The number of nitrogens with zero attached hydrogens (tertiary/aromatic N) is 5. The molecule has 1 aliphatic rings. The third kappa shape index (κ3) is 4.36. The summed E-state index contributed by atoms with van der Waals surface area (Å²) >= 11 is 0. The Morgan fingerprint density at radius 2 is 1.93 bits per heavy atom. The number of aryl methyl sites for hydroxylation is 1. The Morgan fingerprint density at radius 1 is 1.07 bits per heavy atom. The van der Waals surface area contributed by atoms with Gasteiger partial charge in [-0.25, -0.2) is 9.97 Å². The van der Waals surface area contributed by atoms with Crippen LogP contribution in [0.15, 0.2) is 40.9 Å². The predicted octanol–water partition coefficient (Wildman–Crippen LogP) is 2.77. The average molecular weight is 367 g/mol. The molecule has 3 heterocycles. The van der Waals surface area contributed by atoms with E-state index in [-0.39, 0.29) is 0 Å². The zero-order valence-corrected chi connectivity index (χ0v) is 15.7. The molecule has 27 heavy (non-hydrogen) atoms. The lowest BCUT2D eigenvalue weighted by Gasteiger charge is -2.34. The van der Waals surface area contributed by atoms with E-state index in [9.17, 15) is 0 Å².